The molecule has 1 atom stereocenters. The largest absolute Gasteiger partial charge is 0.507 e. The van der Waals surface area contributed by atoms with Gasteiger partial charge in [-0.15, -0.1) is 0 Å². The third kappa shape index (κ3) is 4.16. The highest BCUT2D eigenvalue weighted by Crippen LogP contribution is 2.44. The van der Waals surface area contributed by atoms with Gasteiger partial charge in [-0.1, -0.05) is 29.4 Å². The first-order chi connectivity index (χ1) is 16.0. The highest BCUT2D eigenvalue weighted by molar-refractivity contribution is 6.00. The van der Waals surface area contributed by atoms with Gasteiger partial charge >= 0.3 is 0 Å². The van der Waals surface area contributed by atoms with Crippen molar-refractivity contribution in [3.63, 3.8) is 0 Å². The van der Waals surface area contributed by atoms with Gasteiger partial charge in [-0.3, -0.25) is 4.79 Å². The van der Waals surface area contributed by atoms with E-state index in [1.807, 2.05) is 46.8 Å². The molecule has 6 heteroatoms. The second kappa shape index (κ2) is 8.60. The summed E-state index contributed by atoms with van der Waals surface area (Å²) in [6.07, 6.45) is 9.42. The molecule has 1 aromatic heterocycles. The van der Waals surface area contributed by atoms with Crippen molar-refractivity contribution < 1.29 is 24.5 Å². The molecule has 0 spiro atoms. The first-order valence-corrected chi connectivity index (χ1v) is 11.4. The van der Waals surface area contributed by atoms with Crippen molar-refractivity contribution in [2.24, 2.45) is 0 Å². The fourth-order valence-electron chi connectivity index (χ4n) is 4.26. The van der Waals surface area contributed by atoms with Crippen LogP contribution in [0.1, 0.15) is 58.6 Å². The minimum atomic E-state index is -0.646. The van der Waals surface area contributed by atoms with Gasteiger partial charge in [0.1, 0.15) is 33.7 Å². The molecule has 34 heavy (non-hydrogen) atoms. The molecule has 3 N–H and O–H groups in total. The van der Waals surface area contributed by atoms with E-state index < -0.39 is 11.0 Å². The molecule has 1 aliphatic rings. The van der Waals surface area contributed by atoms with E-state index in [1.165, 1.54) is 17.7 Å². The number of phenolic OH excluding ortho intramolecular Hbond substituents is 3. The summed E-state index contributed by atoms with van der Waals surface area (Å²) in [4.78, 5) is 13.6. The van der Waals surface area contributed by atoms with Gasteiger partial charge in [-0.05, 0) is 60.0 Å². The fourth-order valence-corrected chi connectivity index (χ4v) is 4.26. The number of hydrogen-bond donors (Lipinski definition) is 3. The van der Waals surface area contributed by atoms with Crippen LogP contribution >= 0.6 is 0 Å². The standard InChI is InChI=1S/C28H30O6/c1-15(2)7-6-11-28(5)12-10-18-23-21(14-20(30)27(18)34-28)33-22-13-19(29)17(9-8-16(3)4)25(31)24(22)26(23)32/h7-8,10,12-14,29-31H,6,9,11H2,1-5H3. The first-order valence-electron chi connectivity index (χ1n) is 11.4. The second-order valence-electron chi connectivity index (χ2n) is 9.59. The number of allylic oxidation sites excluding steroid dienone is 4. The van der Waals surface area contributed by atoms with E-state index in [0.29, 0.717) is 12.0 Å². The number of phenols is 3. The maximum atomic E-state index is 13.6. The van der Waals surface area contributed by atoms with Crippen LogP contribution in [0.15, 0.2) is 50.7 Å². The zero-order valence-corrected chi connectivity index (χ0v) is 20.2. The van der Waals surface area contributed by atoms with Crippen LogP contribution in [-0.4, -0.2) is 20.9 Å². The lowest BCUT2D eigenvalue weighted by atomic mass is 9.92. The van der Waals surface area contributed by atoms with Gasteiger partial charge in [-0.2, -0.15) is 0 Å². The first kappa shape index (κ1) is 23.5. The Morgan fingerprint density at radius 3 is 2.29 bits per heavy atom. The van der Waals surface area contributed by atoms with Crippen LogP contribution in [0.3, 0.4) is 0 Å². The molecule has 0 fully saturated rings. The number of benzene rings is 2. The van der Waals surface area contributed by atoms with Crippen molar-refractivity contribution >= 4 is 28.0 Å². The average Bonchev–Trinajstić information content (AvgIpc) is 2.73. The quantitative estimate of drug-likeness (QED) is 0.296. The SMILES string of the molecule is CC(C)=CCCC1(C)C=Cc2c(c(O)cc3oc4cc(O)c(CC=C(C)C)c(O)c4c(=O)c23)O1. The Morgan fingerprint density at radius 2 is 1.62 bits per heavy atom. The van der Waals surface area contributed by atoms with Crippen LogP contribution < -0.4 is 10.2 Å². The summed E-state index contributed by atoms with van der Waals surface area (Å²) in [5.74, 6) is -0.402. The Kier molecular flexibility index (Phi) is 5.94. The minimum absolute atomic E-state index is 0.0133. The van der Waals surface area contributed by atoms with E-state index in [1.54, 1.807) is 6.08 Å². The molecule has 0 saturated carbocycles. The van der Waals surface area contributed by atoms with Crippen LogP contribution in [0.25, 0.3) is 28.0 Å². The third-order valence-electron chi connectivity index (χ3n) is 6.13. The molecule has 2 aromatic carbocycles. The molecular formula is C28H30O6. The van der Waals surface area contributed by atoms with Gasteiger partial charge in [0.15, 0.2) is 11.5 Å². The van der Waals surface area contributed by atoms with Gasteiger partial charge < -0.3 is 24.5 Å². The minimum Gasteiger partial charge on any atom is -0.507 e. The Labute approximate surface area is 198 Å². The van der Waals surface area contributed by atoms with Gasteiger partial charge in [0.05, 0.1) is 5.39 Å². The molecule has 6 nitrogen and oxygen atoms in total. The van der Waals surface area contributed by atoms with Crippen molar-refractivity contribution in [1.29, 1.82) is 0 Å². The molecule has 0 saturated heterocycles. The van der Waals surface area contributed by atoms with Crippen molar-refractivity contribution in [3.8, 4) is 23.0 Å². The van der Waals surface area contributed by atoms with Crippen LogP contribution in [0.2, 0.25) is 0 Å². The number of hydrogen-bond acceptors (Lipinski definition) is 6. The fraction of sp³-hybridized carbons (Fsp3) is 0.321. The van der Waals surface area contributed by atoms with Crippen molar-refractivity contribution in [3.05, 3.63) is 62.9 Å². The summed E-state index contributed by atoms with van der Waals surface area (Å²) in [7, 11) is 0. The summed E-state index contributed by atoms with van der Waals surface area (Å²) < 4.78 is 12.1. The summed E-state index contributed by atoms with van der Waals surface area (Å²) in [6, 6.07) is 2.67. The predicted octanol–water partition coefficient (Wildman–Crippen LogP) is 6.48. The summed E-state index contributed by atoms with van der Waals surface area (Å²) >= 11 is 0. The summed E-state index contributed by atoms with van der Waals surface area (Å²) in [5.41, 5.74) is 1.99. The zero-order valence-electron chi connectivity index (χ0n) is 20.2. The number of aromatic hydroxyl groups is 3. The van der Waals surface area contributed by atoms with Crippen molar-refractivity contribution in [2.45, 2.75) is 59.5 Å². The maximum Gasteiger partial charge on any atom is 0.205 e. The van der Waals surface area contributed by atoms with Gasteiger partial charge in [0, 0.05) is 23.3 Å². The van der Waals surface area contributed by atoms with Gasteiger partial charge in [0.25, 0.3) is 0 Å². The predicted molar refractivity (Wildman–Crippen MR) is 135 cm³/mol. The van der Waals surface area contributed by atoms with Crippen LogP contribution in [0.5, 0.6) is 23.0 Å². The van der Waals surface area contributed by atoms with E-state index in [4.69, 9.17) is 9.15 Å². The molecule has 3 aromatic rings. The molecule has 4 rings (SSSR count). The number of fused-ring (bicyclic) bond motifs is 4. The van der Waals surface area contributed by atoms with E-state index in [9.17, 15) is 20.1 Å². The molecule has 2 heterocycles. The maximum absolute atomic E-state index is 13.6. The lowest BCUT2D eigenvalue weighted by Crippen LogP contribution is -2.32. The van der Waals surface area contributed by atoms with Crippen LogP contribution in [0.4, 0.5) is 0 Å². The molecule has 1 aliphatic heterocycles. The molecule has 0 aliphatic carbocycles. The molecule has 0 radical (unpaired) electrons. The van der Waals surface area contributed by atoms with E-state index >= 15 is 0 Å². The molecule has 0 bridgehead atoms. The highest BCUT2D eigenvalue weighted by atomic mass is 16.5. The normalized spacial score (nSPS) is 16.9. The smallest absolute Gasteiger partial charge is 0.205 e. The second-order valence-corrected chi connectivity index (χ2v) is 9.59. The molecule has 0 amide bonds. The Bertz CT molecular complexity index is 1450. The lowest BCUT2D eigenvalue weighted by Gasteiger charge is -2.32. The Morgan fingerprint density at radius 1 is 0.971 bits per heavy atom. The zero-order chi connectivity index (χ0) is 24.8. The monoisotopic (exact) mass is 462 g/mol. The van der Waals surface area contributed by atoms with E-state index in [2.05, 4.69) is 6.08 Å². The van der Waals surface area contributed by atoms with E-state index in [-0.39, 0.29) is 56.9 Å². The summed E-state index contributed by atoms with van der Waals surface area (Å²) in [6.45, 7) is 9.83. The third-order valence-corrected chi connectivity index (χ3v) is 6.13. The molecule has 178 valence electrons. The van der Waals surface area contributed by atoms with Crippen molar-refractivity contribution in [2.75, 3.05) is 0 Å². The molecule has 1 unspecified atom stereocenters. The summed E-state index contributed by atoms with van der Waals surface area (Å²) in [5, 5.41) is 32.2. The highest BCUT2D eigenvalue weighted by Gasteiger charge is 2.31. The average molecular weight is 463 g/mol. The molecular weight excluding hydrogens is 432 g/mol. The van der Waals surface area contributed by atoms with Gasteiger partial charge in [-0.25, -0.2) is 0 Å². The van der Waals surface area contributed by atoms with Crippen LogP contribution in [-0.2, 0) is 6.42 Å². The van der Waals surface area contributed by atoms with Crippen LogP contribution in [0, 0.1) is 0 Å². The Balaban J connectivity index is 1.91. The Hall–Kier alpha value is -3.67. The number of rotatable bonds is 5. The van der Waals surface area contributed by atoms with Gasteiger partial charge in [0.2, 0.25) is 5.43 Å². The van der Waals surface area contributed by atoms with Crippen molar-refractivity contribution in [1.82, 2.24) is 0 Å². The topological polar surface area (TPSA) is 100 Å². The van der Waals surface area contributed by atoms with E-state index in [0.717, 1.165) is 12.0 Å². The number of ether oxygens (including phenoxy) is 1. The lowest BCUT2D eigenvalue weighted by molar-refractivity contribution is 0.124.